The van der Waals surface area contributed by atoms with Crippen LogP contribution in [0.3, 0.4) is 0 Å². The molecular weight excluding hydrogens is 460 g/mol. The van der Waals surface area contributed by atoms with E-state index in [4.69, 9.17) is 4.74 Å². The lowest BCUT2D eigenvalue weighted by atomic mass is 10.1. The molecule has 35 heavy (non-hydrogen) atoms. The Hall–Kier alpha value is -3.16. The Labute approximate surface area is 208 Å². The number of amides is 1. The minimum Gasteiger partial charge on any atom is -0.496 e. The first-order valence-corrected chi connectivity index (χ1v) is 13.4. The number of hydrogen-bond acceptors (Lipinski definition) is 4. The number of hydrogen-bond donors (Lipinski definition) is 0. The lowest BCUT2D eigenvalue weighted by molar-refractivity contribution is -0.132. The third kappa shape index (κ3) is 6.29. The van der Waals surface area contributed by atoms with Gasteiger partial charge in [0.1, 0.15) is 5.75 Å². The smallest absolute Gasteiger partial charge is 0.243 e. The number of rotatable bonds is 10. The predicted octanol–water partition coefficient (Wildman–Crippen LogP) is 4.64. The average Bonchev–Trinajstić information content (AvgIpc) is 3.44. The van der Waals surface area contributed by atoms with Gasteiger partial charge >= 0.3 is 0 Å². The second kappa shape index (κ2) is 11.5. The van der Waals surface area contributed by atoms with Gasteiger partial charge in [0.2, 0.25) is 15.9 Å². The minimum atomic E-state index is -3.54. The summed E-state index contributed by atoms with van der Waals surface area (Å²) in [7, 11) is -1.98. The van der Waals surface area contributed by atoms with Crippen LogP contribution >= 0.6 is 0 Å². The van der Waals surface area contributed by atoms with Crippen LogP contribution in [0.2, 0.25) is 0 Å². The Morgan fingerprint density at radius 1 is 0.886 bits per heavy atom. The summed E-state index contributed by atoms with van der Waals surface area (Å²) in [6.07, 6.45) is 2.42. The minimum absolute atomic E-state index is 0.00700. The van der Waals surface area contributed by atoms with Crippen molar-refractivity contribution in [3.05, 3.63) is 95.6 Å². The van der Waals surface area contributed by atoms with Gasteiger partial charge in [-0.1, -0.05) is 60.7 Å². The lowest BCUT2D eigenvalue weighted by Gasteiger charge is -2.23. The molecule has 1 aliphatic heterocycles. The van der Waals surface area contributed by atoms with Gasteiger partial charge in [-0.05, 0) is 54.2 Å². The largest absolute Gasteiger partial charge is 0.496 e. The van der Waals surface area contributed by atoms with Crippen molar-refractivity contribution in [2.24, 2.45) is 0 Å². The molecular formula is C28H32N2O4S. The number of ether oxygens (including phenoxy) is 1. The third-order valence-electron chi connectivity index (χ3n) is 6.35. The zero-order valence-corrected chi connectivity index (χ0v) is 20.9. The van der Waals surface area contributed by atoms with Crippen LogP contribution in [0.25, 0.3) is 0 Å². The first-order valence-electron chi connectivity index (χ1n) is 12.0. The molecule has 0 atom stereocenters. The van der Waals surface area contributed by atoms with Gasteiger partial charge in [-0.3, -0.25) is 4.79 Å². The summed E-state index contributed by atoms with van der Waals surface area (Å²) in [4.78, 5) is 15.5. The highest BCUT2D eigenvalue weighted by atomic mass is 32.2. The van der Waals surface area contributed by atoms with E-state index in [0.29, 0.717) is 38.3 Å². The molecule has 0 spiro atoms. The van der Waals surface area contributed by atoms with Crippen LogP contribution in [0.4, 0.5) is 0 Å². The molecule has 1 amide bonds. The maximum Gasteiger partial charge on any atom is 0.243 e. The first kappa shape index (κ1) is 24.9. The summed E-state index contributed by atoms with van der Waals surface area (Å²) in [6, 6.07) is 24.8. The fourth-order valence-corrected chi connectivity index (χ4v) is 6.00. The molecule has 3 aromatic rings. The fourth-order valence-electron chi connectivity index (χ4n) is 4.43. The highest BCUT2D eigenvalue weighted by Crippen LogP contribution is 2.27. The number of carbonyl (C=O) groups excluding carboxylic acids is 1. The molecule has 0 bridgehead atoms. The molecule has 1 fully saturated rings. The summed E-state index contributed by atoms with van der Waals surface area (Å²) in [5.74, 6) is 0.600. The quantitative estimate of drug-likeness (QED) is 0.414. The maximum atomic E-state index is 13.4. The number of aryl methyl sites for hydroxylation is 1. The van der Waals surface area contributed by atoms with Gasteiger partial charge < -0.3 is 9.64 Å². The van der Waals surface area contributed by atoms with E-state index in [-0.39, 0.29) is 17.2 Å². The predicted molar refractivity (Wildman–Crippen MR) is 136 cm³/mol. The van der Waals surface area contributed by atoms with Gasteiger partial charge in [0, 0.05) is 32.6 Å². The van der Waals surface area contributed by atoms with Gasteiger partial charge in [-0.2, -0.15) is 4.31 Å². The van der Waals surface area contributed by atoms with Crippen LogP contribution in [-0.2, 0) is 34.3 Å². The third-order valence-corrected chi connectivity index (χ3v) is 8.24. The highest BCUT2D eigenvalue weighted by molar-refractivity contribution is 7.89. The lowest BCUT2D eigenvalue weighted by Crippen LogP contribution is -2.30. The Morgan fingerprint density at radius 2 is 1.46 bits per heavy atom. The van der Waals surface area contributed by atoms with Crippen LogP contribution in [0, 0.1) is 0 Å². The van der Waals surface area contributed by atoms with E-state index in [0.717, 1.165) is 29.5 Å². The number of sulfonamides is 1. The Bertz CT molecular complexity index is 1180. The summed E-state index contributed by atoms with van der Waals surface area (Å²) < 4.78 is 33.1. The molecule has 184 valence electrons. The van der Waals surface area contributed by atoms with Crippen molar-refractivity contribution in [1.29, 1.82) is 0 Å². The van der Waals surface area contributed by atoms with Crippen LogP contribution in [0.15, 0.2) is 83.8 Å². The van der Waals surface area contributed by atoms with Crippen molar-refractivity contribution in [2.45, 2.75) is 43.7 Å². The summed E-state index contributed by atoms with van der Waals surface area (Å²) in [6.45, 7) is 2.12. The van der Waals surface area contributed by atoms with Crippen molar-refractivity contribution in [3.63, 3.8) is 0 Å². The molecule has 0 aliphatic carbocycles. The van der Waals surface area contributed by atoms with Gasteiger partial charge in [0.25, 0.3) is 0 Å². The van der Waals surface area contributed by atoms with Crippen molar-refractivity contribution >= 4 is 15.9 Å². The first-order chi connectivity index (χ1) is 17.0. The van der Waals surface area contributed by atoms with E-state index in [1.165, 1.54) is 4.31 Å². The fraction of sp³-hybridized carbons (Fsp3) is 0.321. The summed E-state index contributed by atoms with van der Waals surface area (Å²) >= 11 is 0. The number of benzene rings is 3. The molecule has 7 heteroatoms. The van der Waals surface area contributed by atoms with Gasteiger partial charge in [0.05, 0.1) is 12.0 Å². The average molecular weight is 493 g/mol. The molecule has 0 radical (unpaired) electrons. The van der Waals surface area contributed by atoms with E-state index in [2.05, 4.69) is 0 Å². The van der Waals surface area contributed by atoms with Crippen molar-refractivity contribution in [3.8, 4) is 5.75 Å². The Balaban J connectivity index is 1.52. The topological polar surface area (TPSA) is 66.9 Å². The van der Waals surface area contributed by atoms with Crippen LogP contribution in [-0.4, -0.2) is 43.7 Å². The zero-order valence-electron chi connectivity index (χ0n) is 20.1. The normalized spacial score (nSPS) is 14.1. The van der Waals surface area contributed by atoms with Crippen LogP contribution in [0.5, 0.6) is 5.75 Å². The molecule has 3 aromatic carbocycles. The molecule has 1 heterocycles. The molecule has 6 nitrogen and oxygen atoms in total. The molecule has 1 saturated heterocycles. The van der Waals surface area contributed by atoms with Crippen molar-refractivity contribution in [2.75, 3.05) is 20.2 Å². The van der Waals surface area contributed by atoms with Gasteiger partial charge in [-0.15, -0.1) is 0 Å². The summed E-state index contributed by atoms with van der Waals surface area (Å²) in [5, 5.41) is 0. The molecule has 0 saturated carbocycles. The van der Waals surface area contributed by atoms with E-state index in [9.17, 15) is 13.2 Å². The van der Waals surface area contributed by atoms with Gasteiger partial charge in [0.15, 0.2) is 0 Å². The standard InChI is InChI=1S/C28H32N2O4S/c1-34-27-16-15-26(35(32,33)30-18-8-9-19-30)20-25(27)14-17-28(31)29(21-23-10-4-2-5-11-23)22-24-12-6-3-7-13-24/h2-7,10-13,15-16,20H,8-9,14,17-19,21-22H2,1H3. The second-order valence-corrected chi connectivity index (χ2v) is 10.7. The second-order valence-electron chi connectivity index (χ2n) is 8.81. The van der Waals surface area contributed by atoms with E-state index < -0.39 is 10.0 Å². The van der Waals surface area contributed by atoms with Crippen molar-refractivity contribution in [1.82, 2.24) is 9.21 Å². The van der Waals surface area contributed by atoms with Gasteiger partial charge in [-0.25, -0.2) is 8.42 Å². The molecule has 1 aliphatic rings. The van der Waals surface area contributed by atoms with E-state index in [1.807, 2.05) is 65.6 Å². The molecule has 0 N–H and O–H groups in total. The Kier molecular flexibility index (Phi) is 8.21. The van der Waals surface area contributed by atoms with E-state index >= 15 is 0 Å². The summed E-state index contributed by atoms with van der Waals surface area (Å²) in [5.41, 5.74) is 2.85. The maximum absolute atomic E-state index is 13.4. The Morgan fingerprint density at radius 3 is 2.00 bits per heavy atom. The van der Waals surface area contributed by atoms with Crippen LogP contribution in [0.1, 0.15) is 36.0 Å². The van der Waals surface area contributed by atoms with Crippen molar-refractivity contribution < 1.29 is 17.9 Å². The number of carbonyl (C=O) groups is 1. The van der Waals surface area contributed by atoms with E-state index in [1.54, 1.807) is 25.3 Å². The molecule has 0 aromatic heterocycles. The zero-order chi connectivity index (χ0) is 24.7. The number of nitrogens with zero attached hydrogens (tertiary/aromatic N) is 2. The molecule has 0 unspecified atom stereocenters. The monoisotopic (exact) mass is 492 g/mol. The molecule has 4 rings (SSSR count). The van der Waals surface area contributed by atoms with Crippen LogP contribution < -0.4 is 4.74 Å². The highest BCUT2D eigenvalue weighted by Gasteiger charge is 2.28. The number of methoxy groups -OCH3 is 1. The SMILES string of the molecule is COc1ccc(S(=O)(=O)N2CCCC2)cc1CCC(=O)N(Cc1ccccc1)Cc1ccccc1.